The Morgan fingerprint density at radius 3 is 2.21 bits per heavy atom. The summed E-state index contributed by atoms with van der Waals surface area (Å²) in [5, 5.41) is 0. The van der Waals surface area contributed by atoms with Gasteiger partial charge in [0.25, 0.3) is 0 Å². The highest BCUT2D eigenvalue weighted by Gasteiger charge is 2.41. The molecule has 0 aromatic heterocycles. The molecule has 82 valence electrons. The van der Waals surface area contributed by atoms with Crippen LogP contribution in [-0.2, 0) is 4.74 Å². The van der Waals surface area contributed by atoms with Crippen LogP contribution in [-0.4, -0.2) is 19.3 Å². The molecule has 0 bridgehead atoms. The third-order valence-electron chi connectivity index (χ3n) is 3.82. The van der Waals surface area contributed by atoms with Gasteiger partial charge < -0.3 is 10.5 Å². The molecule has 2 nitrogen and oxygen atoms in total. The first-order valence-corrected chi connectivity index (χ1v) is 6.16. The fourth-order valence-electron chi connectivity index (χ4n) is 2.29. The molecule has 2 aliphatic rings. The molecule has 2 heteroatoms. The summed E-state index contributed by atoms with van der Waals surface area (Å²) < 4.78 is 6.00. The minimum absolute atomic E-state index is 0.395. The van der Waals surface area contributed by atoms with Crippen molar-refractivity contribution in [3.8, 4) is 0 Å². The fraction of sp³-hybridized carbons (Fsp3) is 1.00. The van der Waals surface area contributed by atoms with Crippen molar-refractivity contribution in [2.75, 3.05) is 13.2 Å². The number of nitrogens with two attached hydrogens (primary N) is 1. The van der Waals surface area contributed by atoms with Crippen molar-refractivity contribution in [1.82, 2.24) is 0 Å². The monoisotopic (exact) mass is 197 g/mol. The van der Waals surface area contributed by atoms with Gasteiger partial charge in [-0.3, -0.25) is 0 Å². The summed E-state index contributed by atoms with van der Waals surface area (Å²) >= 11 is 0. The van der Waals surface area contributed by atoms with E-state index in [0.29, 0.717) is 11.5 Å². The minimum atomic E-state index is 0.395. The van der Waals surface area contributed by atoms with Crippen molar-refractivity contribution in [2.45, 2.75) is 57.5 Å². The average molecular weight is 197 g/mol. The third-order valence-corrected chi connectivity index (χ3v) is 3.82. The molecule has 0 aliphatic heterocycles. The van der Waals surface area contributed by atoms with Crippen LogP contribution in [0.4, 0.5) is 0 Å². The van der Waals surface area contributed by atoms with Crippen molar-refractivity contribution < 1.29 is 4.74 Å². The second-order valence-corrected chi connectivity index (χ2v) is 5.13. The Bertz CT molecular complexity index is 169. The predicted octanol–water partition coefficient (Wildman–Crippen LogP) is 2.46. The van der Waals surface area contributed by atoms with Crippen molar-refractivity contribution >= 4 is 0 Å². The number of ether oxygens (including phenoxy) is 1. The van der Waals surface area contributed by atoms with Gasteiger partial charge in [-0.15, -0.1) is 0 Å². The van der Waals surface area contributed by atoms with Crippen LogP contribution in [0.25, 0.3) is 0 Å². The summed E-state index contributed by atoms with van der Waals surface area (Å²) in [7, 11) is 0. The normalized spacial score (nSPS) is 27.2. The van der Waals surface area contributed by atoms with E-state index in [1.807, 2.05) is 0 Å². The van der Waals surface area contributed by atoms with E-state index in [-0.39, 0.29) is 0 Å². The van der Waals surface area contributed by atoms with Crippen LogP contribution in [0.2, 0.25) is 0 Å². The summed E-state index contributed by atoms with van der Waals surface area (Å²) in [4.78, 5) is 0. The Balaban J connectivity index is 1.68. The Morgan fingerprint density at radius 2 is 1.71 bits per heavy atom. The standard InChI is InChI=1S/C12H23NO/c13-9-12(7-8-12)10-14-11-5-3-1-2-4-6-11/h11H,1-10,13H2. The van der Waals surface area contributed by atoms with Crippen LogP contribution in [0.1, 0.15) is 51.4 Å². The van der Waals surface area contributed by atoms with E-state index in [1.54, 1.807) is 0 Å². The molecule has 2 aliphatic carbocycles. The van der Waals surface area contributed by atoms with Gasteiger partial charge in [-0.1, -0.05) is 25.7 Å². The Kier molecular flexibility index (Phi) is 3.45. The van der Waals surface area contributed by atoms with E-state index in [4.69, 9.17) is 10.5 Å². The summed E-state index contributed by atoms with van der Waals surface area (Å²) in [6.07, 6.45) is 11.2. The summed E-state index contributed by atoms with van der Waals surface area (Å²) in [6.45, 7) is 1.74. The number of hydrogen-bond acceptors (Lipinski definition) is 2. The van der Waals surface area contributed by atoms with Crippen molar-refractivity contribution in [2.24, 2.45) is 11.1 Å². The lowest BCUT2D eigenvalue weighted by atomic mass is 10.1. The van der Waals surface area contributed by atoms with Gasteiger partial charge in [0.05, 0.1) is 12.7 Å². The Morgan fingerprint density at radius 1 is 1.07 bits per heavy atom. The predicted molar refractivity (Wildman–Crippen MR) is 58.2 cm³/mol. The molecule has 0 aromatic carbocycles. The van der Waals surface area contributed by atoms with Crippen LogP contribution >= 0.6 is 0 Å². The van der Waals surface area contributed by atoms with Crippen LogP contribution in [0, 0.1) is 5.41 Å². The second kappa shape index (κ2) is 4.63. The highest BCUT2D eigenvalue weighted by atomic mass is 16.5. The smallest absolute Gasteiger partial charge is 0.0575 e. The molecule has 2 N–H and O–H groups in total. The maximum atomic E-state index is 6.00. The lowest BCUT2D eigenvalue weighted by molar-refractivity contribution is 0.0158. The zero-order valence-corrected chi connectivity index (χ0v) is 9.13. The quantitative estimate of drug-likeness (QED) is 0.703. The first-order chi connectivity index (χ1) is 6.85. The molecule has 0 heterocycles. The summed E-state index contributed by atoms with van der Waals surface area (Å²) in [5.41, 5.74) is 6.13. The van der Waals surface area contributed by atoms with Gasteiger partial charge in [0.2, 0.25) is 0 Å². The van der Waals surface area contributed by atoms with Gasteiger partial charge in [-0.2, -0.15) is 0 Å². The summed E-state index contributed by atoms with van der Waals surface area (Å²) in [6, 6.07) is 0. The average Bonchev–Trinajstić information content (AvgIpc) is 3.01. The van der Waals surface area contributed by atoms with Gasteiger partial charge >= 0.3 is 0 Å². The van der Waals surface area contributed by atoms with Crippen molar-refractivity contribution in [3.63, 3.8) is 0 Å². The van der Waals surface area contributed by atoms with Crippen LogP contribution < -0.4 is 5.73 Å². The highest BCUT2D eigenvalue weighted by molar-refractivity contribution is 4.94. The van der Waals surface area contributed by atoms with E-state index in [0.717, 1.165) is 13.2 Å². The lowest BCUT2D eigenvalue weighted by Gasteiger charge is -2.19. The van der Waals surface area contributed by atoms with E-state index < -0.39 is 0 Å². The Hall–Kier alpha value is -0.0800. The van der Waals surface area contributed by atoms with E-state index in [2.05, 4.69) is 0 Å². The van der Waals surface area contributed by atoms with E-state index in [9.17, 15) is 0 Å². The van der Waals surface area contributed by atoms with Crippen LogP contribution in [0.5, 0.6) is 0 Å². The number of rotatable bonds is 4. The lowest BCUT2D eigenvalue weighted by Crippen LogP contribution is -2.24. The van der Waals surface area contributed by atoms with E-state index >= 15 is 0 Å². The second-order valence-electron chi connectivity index (χ2n) is 5.13. The van der Waals surface area contributed by atoms with Crippen LogP contribution in [0.3, 0.4) is 0 Å². The Labute approximate surface area is 87.2 Å². The molecule has 0 atom stereocenters. The largest absolute Gasteiger partial charge is 0.378 e. The first kappa shape index (κ1) is 10.4. The molecule has 0 spiro atoms. The van der Waals surface area contributed by atoms with Crippen LogP contribution in [0.15, 0.2) is 0 Å². The van der Waals surface area contributed by atoms with E-state index in [1.165, 1.54) is 51.4 Å². The molecule has 0 unspecified atom stereocenters. The topological polar surface area (TPSA) is 35.2 Å². The van der Waals surface area contributed by atoms with Crippen molar-refractivity contribution in [3.05, 3.63) is 0 Å². The molecule has 0 amide bonds. The van der Waals surface area contributed by atoms with Gasteiger partial charge in [-0.25, -0.2) is 0 Å². The molecule has 0 radical (unpaired) electrons. The zero-order chi connectivity index (χ0) is 9.86. The SMILES string of the molecule is NCC1(COC2CCCCCC2)CC1. The molecule has 14 heavy (non-hydrogen) atoms. The molecular formula is C12H23NO. The first-order valence-electron chi connectivity index (χ1n) is 6.16. The molecular weight excluding hydrogens is 174 g/mol. The maximum absolute atomic E-state index is 6.00. The summed E-state index contributed by atoms with van der Waals surface area (Å²) in [5.74, 6) is 0. The molecule has 2 rings (SSSR count). The fourth-order valence-corrected chi connectivity index (χ4v) is 2.29. The van der Waals surface area contributed by atoms with Gasteiger partial charge in [0.15, 0.2) is 0 Å². The van der Waals surface area contributed by atoms with Gasteiger partial charge in [0, 0.05) is 12.0 Å². The molecule has 0 saturated heterocycles. The minimum Gasteiger partial charge on any atom is -0.378 e. The van der Waals surface area contributed by atoms with Crippen molar-refractivity contribution in [1.29, 1.82) is 0 Å². The van der Waals surface area contributed by atoms with Gasteiger partial charge in [-0.05, 0) is 25.7 Å². The maximum Gasteiger partial charge on any atom is 0.0575 e. The third kappa shape index (κ3) is 2.71. The molecule has 2 saturated carbocycles. The molecule has 0 aromatic rings. The van der Waals surface area contributed by atoms with Gasteiger partial charge in [0.1, 0.15) is 0 Å². The zero-order valence-electron chi connectivity index (χ0n) is 9.13. The molecule has 2 fully saturated rings. The number of hydrogen-bond donors (Lipinski definition) is 1. The highest BCUT2D eigenvalue weighted by Crippen LogP contribution is 2.45.